The normalized spacial score (nSPS) is 11.0. The number of rotatable bonds is 6. The SMILES string of the molecule is O=C(Oc1ccc(NS(=O)(=O)c2ccc(Cl)c(C(=O)O)c2)cc1)c1ccc(Cl)cc1. The summed E-state index contributed by atoms with van der Waals surface area (Å²) >= 11 is 11.5. The molecule has 0 atom stereocenters. The van der Waals surface area contributed by atoms with Gasteiger partial charge in [0.15, 0.2) is 0 Å². The quantitative estimate of drug-likeness (QED) is 0.402. The van der Waals surface area contributed by atoms with Crippen LogP contribution < -0.4 is 9.46 Å². The summed E-state index contributed by atoms with van der Waals surface area (Å²) in [5.41, 5.74) is 0.165. The Hall–Kier alpha value is -3.07. The lowest BCUT2D eigenvalue weighted by Crippen LogP contribution is -2.14. The van der Waals surface area contributed by atoms with Crippen LogP contribution in [0.3, 0.4) is 0 Å². The predicted molar refractivity (Wildman–Crippen MR) is 112 cm³/mol. The van der Waals surface area contributed by atoms with Crippen molar-refractivity contribution in [2.75, 3.05) is 4.72 Å². The molecule has 2 N–H and O–H groups in total. The second-order valence-electron chi connectivity index (χ2n) is 5.97. The fraction of sp³-hybridized carbons (Fsp3) is 0. The molecule has 3 aromatic carbocycles. The Bertz CT molecular complexity index is 1210. The van der Waals surface area contributed by atoms with Gasteiger partial charge in [0.1, 0.15) is 5.75 Å². The molecule has 0 aromatic heterocycles. The number of ether oxygens (including phenoxy) is 1. The Kier molecular flexibility index (Phi) is 6.31. The summed E-state index contributed by atoms with van der Waals surface area (Å²) in [4.78, 5) is 23.0. The van der Waals surface area contributed by atoms with E-state index in [1.165, 1.54) is 48.5 Å². The fourth-order valence-corrected chi connectivity index (χ4v) is 3.80. The molecule has 0 amide bonds. The van der Waals surface area contributed by atoms with Gasteiger partial charge in [-0.2, -0.15) is 0 Å². The lowest BCUT2D eigenvalue weighted by Gasteiger charge is -2.10. The molecule has 0 spiro atoms. The van der Waals surface area contributed by atoms with E-state index in [-0.39, 0.29) is 26.9 Å². The van der Waals surface area contributed by atoms with Gasteiger partial charge in [0.2, 0.25) is 0 Å². The molecule has 0 aliphatic carbocycles. The van der Waals surface area contributed by atoms with Crippen molar-refractivity contribution < 1.29 is 27.9 Å². The minimum atomic E-state index is -4.06. The third-order valence-corrected chi connectivity index (χ3v) is 5.84. The number of carboxylic acid groups (broad SMARTS) is 1. The lowest BCUT2D eigenvalue weighted by atomic mass is 10.2. The molecule has 0 aliphatic rings. The van der Waals surface area contributed by atoms with Gasteiger partial charge in [-0.05, 0) is 66.7 Å². The first kappa shape index (κ1) is 21.6. The first-order valence-electron chi connectivity index (χ1n) is 8.29. The average Bonchev–Trinajstić information content (AvgIpc) is 2.69. The Morgan fingerprint density at radius 1 is 0.900 bits per heavy atom. The molecule has 0 unspecified atom stereocenters. The van der Waals surface area contributed by atoms with Crippen molar-refractivity contribution in [1.29, 1.82) is 0 Å². The minimum absolute atomic E-state index is 0.0756. The van der Waals surface area contributed by atoms with E-state index in [1.807, 2.05) is 0 Å². The summed E-state index contributed by atoms with van der Waals surface area (Å²) in [5, 5.41) is 9.51. The number of sulfonamides is 1. The summed E-state index contributed by atoms with van der Waals surface area (Å²) < 4.78 is 32.6. The second-order valence-corrected chi connectivity index (χ2v) is 8.50. The van der Waals surface area contributed by atoms with E-state index in [4.69, 9.17) is 33.0 Å². The van der Waals surface area contributed by atoms with Gasteiger partial charge in [-0.3, -0.25) is 4.72 Å². The van der Waals surface area contributed by atoms with Crippen LogP contribution >= 0.6 is 23.2 Å². The molecule has 10 heteroatoms. The molecule has 30 heavy (non-hydrogen) atoms. The molecule has 0 radical (unpaired) electrons. The van der Waals surface area contributed by atoms with Gasteiger partial charge in [-0.15, -0.1) is 0 Å². The van der Waals surface area contributed by atoms with E-state index in [9.17, 15) is 18.0 Å². The maximum atomic E-state index is 12.5. The van der Waals surface area contributed by atoms with Gasteiger partial charge in [0.05, 0.1) is 21.0 Å². The molecule has 154 valence electrons. The third-order valence-electron chi connectivity index (χ3n) is 3.88. The molecule has 7 nitrogen and oxygen atoms in total. The number of hydrogen-bond donors (Lipinski definition) is 2. The number of halogens is 2. The van der Waals surface area contributed by atoms with Gasteiger partial charge >= 0.3 is 11.9 Å². The number of carbonyl (C=O) groups is 2. The van der Waals surface area contributed by atoms with Gasteiger partial charge in [-0.25, -0.2) is 18.0 Å². The molecule has 0 heterocycles. The Morgan fingerprint density at radius 2 is 1.53 bits per heavy atom. The van der Waals surface area contributed by atoms with Crippen LogP contribution in [0, 0.1) is 0 Å². The van der Waals surface area contributed by atoms with Crippen LogP contribution in [0.1, 0.15) is 20.7 Å². The second kappa shape index (κ2) is 8.74. The van der Waals surface area contributed by atoms with Crippen LogP contribution in [0.15, 0.2) is 71.6 Å². The maximum absolute atomic E-state index is 12.5. The number of aromatic carboxylic acids is 1. The third kappa shape index (κ3) is 5.10. The molecule has 0 saturated heterocycles. The van der Waals surface area contributed by atoms with Crippen LogP contribution in [0.5, 0.6) is 5.75 Å². The van der Waals surface area contributed by atoms with E-state index in [2.05, 4.69) is 4.72 Å². The highest BCUT2D eigenvalue weighted by molar-refractivity contribution is 7.92. The fourth-order valence-electron chi connectivity index (χ4n) is 2.39. The van der Waals surface area contributed by atoms with Crippen molar-refractivity contribution in [2.45, 2.75) is 4.90 Å². The van der Waals surface area contributed by atoms with E-state index >= 15 is 0 Å². The van der Waals surface area contributed by atoms with Gasteiger partial charge in [0.25, 0.3) is 10.0 Å². The number of carbonyl (C=O) groups excluding carboxylic acids is 1. The van der Waals surface area contributed by atoms with E-state index in [0.717, 1.165) is 6.07 Å². The average molecular weight is 466 g/mol. The highest BCUT2D eigenvalue weighted by atomic mass is 35.5. The summed E-state index contributed by atoms with van der Waals surface area (Å²) in [6, 6.07) is 15.1. The molecular formula is C20H13Cl2NO6S. The molecule has 0 saturated carbocycles. The van der Waals surface area contributed by atoms with Gasteiger partial charge < -0.3 is 9.84 Å². The monoisotopic (exact) mass is 465 g/mol. The highest BCUT2D eigenvalue weighted by Crippen LogP contribution is 2.24. The van der Waals surface area contributed by atoms with Crippen molar-refractivity contribution in [2.24, 2.45) is 0 Å². The molecular weight excluding hydrogens is 453 g/mol. The smallest absolute Gasteiger partial charge is 0.343 e. The highest BCUT2D eigenvalue weighted by Gasteiger charge is 2.19. The Labute approximate surface area is 181 Å². The van der Waals surface area contributed by atoms with Crippen molar-refractivity contribution in [3.05, 3.63) is 87.9 Å². The zero-order chi connectivity index (χ0) is 21.9. The molecule has 0 fully saturated rings. The summed E-state index contributed by atoms with van der Waals surface area (Å²) in [6.45, 7) is 0. The predicted octanol–water partition coefficient (Wildman–Crippen LogP) is 4.71. The first-order chi connectivity index (χ1) is 14.2. The van der Waals surface area contributed by atoms with Crippen LogP contribution in [0.4, 0.5) is 5.69 Å². The summed E-state index contributed by atoms with van der Waals surface area (Å²) in [5.74, 6) is -1.73. The van der Waals surface area contributed by atoms with Crippen molar-refractivity contribution in [3.63, 3.8) is 0 Å². The van der Waals surface area contributed by atoms with Gasteiger partial charge in [0, 0.05) is 10.7 Å². The molecule has 3 aromatic rings. The Balaban J connectivity index is 1.73. The standard InChI is InChI=1S/C20H13Cl2NO6S/c21-13-3-1-12(2-4-13)20(26)29-15-7-5-14(6-8-15)23-30(27,28)16-9-10-18(22)17(11-16)19(24)25/h1-11,23H,(H,24,25). The van der Waals surface area contributed by atoms with Crippen LogP contribution in [-0.2, 0) is 10.0 Å². The van der Waals surface area contributed by atoms with Crippen LogP contribution in [0.2, 0.25) is 10.0 Å². The summed E-state index contributed by atoms with van der Waals surface area (Å²) in [6.07, 6.45) is 0. The molecule has 3 rings (SSSR count). The zero-order valence-corrected chi connectivity index (χ0v) is 17.3. The van der Waals surface area contributed by atoms with Crippen molar-refractivity contribution >= 4 is 50.9 Å². The van der Waals surface area contributed by atoms with Crippen LogP contribution in [0.25, 0.3) is 0 Å². The maximum Gasteiger partial charge on any atom is 0.343 e. The van der Waals surface area contributed by atoms with Crippen molar-refractivity contribution in [1.82, 2.24) is 0 Å². The molecule has 0 aliphatic heterocycles. The number of carboxylic acids is 1. The number of anilines is 1. The molecule has 0 bridgehead atoms. The summed E-state index contributed by atoms with van der Waals surface area (Å²) in [7, 11) is -4.06. The minimum Gasteiger partial charge on any atom is -0.478 e. The van der Waals surface area contributed by atoms with E-state index in [1.54, 1.807) is 12.1 Å². The van der Waals surface area contributed by atoms with Crippen molar-refractivity contribution in [3.8, 4) is 5.75 Å². The zero-order valence-electron chi connectivity index (χ0n) is 15.0. The number of esters is 1. The lowest BCUT2D eigenvalue weighted by molar-refractivity contribution is 0.0694. The van der Waals surface area contributed by atoms with E-state index < -0.39 is 22.0 Å². The topological polar surface area (TPSA) is 110 Å². The number of benzene rings is 3. The van der Waals surface area contributed by atoms with Crippen LogP contribution in [-0.4, -0.2) is 25.5 Å². The Morgan fingerprint density at radius 3 is 2.13 bits per heavy atom. The number of nitrogens with one attached hydrogen (secondary N) is 1. The largest absolute Gasteiger partial charge is 0.478 e. The van der Waals surface area contributed by atoms with E-state index in [0.29, 0.717) is 10.6 Å². The number of hydrogen-bond acceptors (Lipinski definition) is 5. The first-order valence-corrected chi connectivity index (χ1v) is 10.5. The van der Waals surface area contributed by atoms with Gasteiger partial charge in [-0.1, -0.05) is 23.2 Å².